The number of sulfonamides is 1. The van der Waals surface area contributed by atoms with E-state index >= 15 is 0 Å². The third kappa shape index (κ3) is 3.36. The van der Waals surface area contributed by atoms with Gasteiger partial charge >= 0.3 is 0 Å². The number of para-hydroxylation sites is 2. The third-order valence-electron chi connectivity index (χ3n) is 4.51. The lowest BCUT2D eigenvalue weighted by atomic mass is 10.2. The molecule has 0 spiro atoms. The van der Waals surface area contributed by atoms with Gasteiger partial charge in [-0.15, -0.1) is 0 Å². The van der Waals surface area contributed by atoms with Crippen LogP contribution in [0, 0.1) is 0 Å². The Morgan fingerprint density at radius 1 is 1.00 bits per heavy atom. The van der Waals surface area contributed by atoms with Gasteiger partial charge in [-0.2, -0.15) is 9.40 Å². The molecule has 1 unspecified atom stereocenters. The minimum atomic E-state index is -3.54. The van der Waals surface area contributed by atoms with E-state index < -0.39 is 10.0 Å². The van der Waals surface area contributed by atoms with Crippen LogP contribution in [0.3, 0.4) is 0 Å². The summed E-state index contributed by atoms with van der Waals surface area (Å²) in [7, 11) is -3.54. The van der Waals surface area contributed by atoms with Gasteiger partial charge in [-0.05, 0) is 30.7 Å². The highest BCUT2D eigenvalue weighted by Crippen LogP contribution is 2.23. The van der Waals surface area contributed by atoms with Gasteiger partial charge in [-0.1, -0.05) is 36.4 Å². The summed E-state index contributed by atoms with van der Waals surface area (Å²) in [6.45, 7) is 0.955. The zero-order valence-electron chi connectivity index (χ0n) is 14.2. The second-order valence-corrected chi connectivity index (χ2v) is 8.25. The van der Waals surface area contributed by atoms with Gasteiger partial charge < -0.3 is 5.32 Å². The number of hydrogen-bond donors (Lipinski definition) is 1. The molecule has 1 fully saturated rings. The molecule has 1 aliphatic rings. The lowest BCUT2D eigenvalue weighted by molar-refractivity contribution is 0.474. The number of aromatic nitrogens is 2. The Labute approximate surface area is 153 Å². The van der Waals surface area contributed by atoms with Crippen molar-refractivity contribution in [2.75, 3.05) is 18.4 Å². The average Bonchev–Trinajstić information content (AvgIpc) is 3.34. The lowest BCUT2D eigenvalue weighted by Gasteiger charge is -2.16. The molecule has 0 saturated carbocycles. The Balaban J connectivity index is 1.48. The zero-order chi connectivity index (χ0) is 18.0. The molecule has 0 aliphatic carbocycles. The minimum Gasteiger partial charge on any atom is -0.381 e. The Kier molecular flexibility index (Phi) is 4.48. The van der Waals surface area contributed by atoms with Crippen LogP contribution < -0.4 is 5.32 Å². The molecular weight excluding hydrogens is 348 g/mol. The van der Waals surface area contributed by atoms with Crippen LogP contribution in [-0.2, 0) is 10.0 Å². The van der Waals surface area contributed by atoms with Crippen molar-refractivity contribution in [2.24, 2.45) is 0 Å². The SMILES string of the molecule is O=S(=O)(c1cnn(-c2ccccc2)c1)N1CCC(Nc2ccccc2)C1. The van der Waals surface area contributed by atoms with E-state index in [4.69, 9.17) is 0 Å². The molecule has 3 aromatic rings. The summed E-state index contributed by atoms with van der Waals surface area (Å²) in [5.41, 5.74) is 1.84. The molecule has 134 valence electrons. The first-order valence-electron chi connectivity index (χ1n) is 8.55. The van der Waals surface area contributed by atoms with Gasteiger partial charge in [0.1, 0.15) is 4.90 Å². The van der Waals surface area contributed by atoms with Crippen LogP contribution in [0.5, 0.6) is 0 Å². The maximum Gasteiger partial charge on any atom is 0.246 e. The fourth-order valence-corrected chi connectivity index (χ4v) is 4.58. The smallest absolute Gasteiger partial charge is 0.246 e. The molecule has 0 amide bonds. The van der Waals surface area contributed by atoms with E-state index in [0.717, 1.165) is 17.8 Å². The van der Waals surface area contributed by atoms with Crippen LogP contribution in [0.1, 0.15) is 6.42 Å². The second kappa shape index (κ2) is 6.93. The summed E-state index contributed by atoms with van der Waals surface area (Å²) in [4.78, 5) is 0.224. The fourth-order valence-electron chi connectivity index (χ4n) is 3.14. The summed E-state index contributed by atoms with van der Waals surface area (Å²) in [5.74, 6) is 0. The molecule has 2 aromatic carbocycles. The van der Waals surface area contributed by atoms with Crippen molar-refractivity contribution in [3.8, 4) is 5.69 Å². The van der Waals surface area contributed by atoms with Gasteiger partial charge in [0.25, 0.3) is 0 Å². The molecule has 1 aliphatic heterocycles. The van der Waals surface area contributed by atoms with Crippen molar-refractivity contribution in [3.05, 3.63) is 73.1 Å². The summed E-state index contributed by atoms with van der Waals surface area (Å²) in [6.07, 6.45) is 3.77. The first kappa shape index (κ1) is 16.8. The van der Waals surface area contributed by atoms with Crippen LogP contribution in [-0.4, -0.2) is 41.6 Å². The second-order valence-electron chi connectivity index (χ2n) is 6.32. The quantitative estimate of drug-likeness (QED) is 0.752. The Bertz CT molecular complexity index is 971. The first-order chi connectivity index (χ1) is 12.6. The molecule has 7 heteroatoms. The highest BCUT2D eigenvalue weighted by molar-refractivity contribution is 7.89. The number of nitrogens with one attached hydrogen (secondary N) is 1. The molecule has 1 aromatic heterocycles. The number of benzene rings is 2. The summed E-state index contributed by atoms with van der Waals surface area (Å²) < 4.78 is 29.0. The van der Waals surface area contributed by atoms with Gasteiger partial charge in [0, 0.05) is 24.8 Å². The molecule has 1 N–H and O–H groups in total. The highest BCUT2D eigenvalue weighted by atomic mass is 32.2. The van der Waals surface area contributed by atoms with Crippen LogP contribution in [0.2, 0.25) is 0 Å². The molecule has 1 atom stereocenters. The molecular formula is C19H20N4O2S. The van der Waals surface area contributed by atoms with Crippen molar-refractivity contribution in [2.45, 2.75) is 17.4 Å². The Morgan fingerprint density at radius 3 is 2.42 bits per heavy atom. The molecule has 1 saturated heterocycles. The molecule has 2 heterocycles. The van der Waals surface area contributed by atoms with Gasteiger partial charge in [0.2, 0.25) is 10.0 Å². The topological polar surface area (TPSA) is 67.2 Å². The summed E-state index contributed by atoms with van der Waals surface area (Å²) in [6, 6.07) is 19.4. The molecule has 26 heavy (non-hydrogen) atoms. The number of anilines is 1. The number of hydrogen-bond acceptors (Lipinski definition) is 4. The fraction of sp³-hybridized carbons (Fsp3) is 0.211. The maximum atomic E-state index is 12.9. The van der Waals surface area contributed by atoms with E-state index in [0.29, 0.717) is 13.1 Å². The van der Waals surface area contributed by atoms with Crippen LogP contribution in [0.25, 0.3) is 5.69 Å². The standard InChI is InChI=1S/C19H20N4O2S/c24-26(25,19-13-20-23(15-19)18-9-5-2-6-10-18)22-12-11-17(14-22)21-16-7-3-1-4-8-16/h1-10,13,15,17,21H,11-12,14H2. The Hall–Kier alpha value is -2.64. The highest BCUT2D eigenvalue weighted by Gasteiger charge is 2.33. The maximum absolute atomic E-state index is 12.9. The minimum absolute atomic E-state index is 0.108. The van der Waals surface area contributed by atoms with Crippen molar-refractivity contribution < 1.29 is 8.42 Å². The van der Waals surface area contributed by atoms with E-state index in [9.17, 15) is 8.42 Å². The van der Waals surface area contributed by atoms with Crippen LogP contribution in [0.4, 0.5) is 5.69 Å². The van der Waals surface area contributed by atoms with E-state index in [1.807, 2.05) is 60.7 Å². The van der Waals surface area contributed by atoms with Crippen LogP contribution >= 0.6 is 0 Å². The largest absolute Gasteiger partial charge is 0.381 e. The number of rotatable bonds is 5. The third-order valence-corrected chi connectivity index (χ3v) is 6.33. The predicted molar refractivity (Wildman–Crippen MR) is 101 cm³/mol. The number of nitrogens with zero attached hydrogens (tertiary/aromatic N) is 3. The van der Waals surface area contributed by atoms with Crippen LogP contribution in [0.15, 0.2) is 78.0 Å². The van der Waals surface area contributed by atoms with E-state index in [1.54, 1.807) is 10.9 Å². The predicted octanol–water partition coefficient (Wildman–Crippen LogP) is 2.75. The van der Waals surface area contributed by atoms with Gasteiger partial charge in [-0.3, -0.25) is 0 Å². The van der Waals surface area contributed by atoms with Gasteiger partial charge in [-0.25, -0.2) is 13.1 Å². The average molecular weight is 368 g/mol. The summed E-state index contributed by atoms with van der Waals surface area (Å²) in [5, 5.41) is 7.60. The molecule has 6 nitrogen and oxygen atoms in total. The van der Waals surface area contributed by atoms with E-state index in [1.165, 1.54) is 10.5 Å². The van der Waals surface area contributed by atoms with Crippen molar-refractivity contribution in [1.29, 1.82) is 0 Å². The van der Waals surface area contributed by atoms with E-state index in [-0.39, 0.29) is 10.9 Å². The Morgan fingerprint density at radius 2 is 1.69 bits per heavy atom. The van der Waals surface area contributed by atoms with E-state index in [2.05, 4.69) is 10.4 Å². The summed E-state index contributed by atoms with van der Waals surface area (Å²) >= 11 is 0. The lowest BCUT2D eigenvalue weighted by Crippen LogP contribution is -2.31. The molecule has 0 radical (unpaired) electrons. The van der Waals surface area contributed by atoms with Gasteiger partial charge in [0.05, 0.1) is 18.1 Å². The molecule has 4 rings (SSSR count). The van der Waals surface area contributed by atoms with Gasteiger partial charge in [0.15, 0.2) is 0 Å². The molecule has 0 bridgehead atoms. The zero-order valence-corrected chi connectivity index (χ0v) is 15.0. The normalized spacial score (nSPS) is 18.1. The van der Waals surface area contributed by atoms with Crippen molar-refractivity contribution in [3.63, 3.8) is 0 Å². The van der Waals surface area contributed by atoms with Crippen molar-refractivity contribution >= 4 is 15.7 Å². The first-order valence-corrected chi connectivity index (χ1v) is 9.99. The monoisotopic (exact) mass is 368 g/mol. The van der Waals surface area contributed by atoms with Crippen molar-refractivity contribution in [1.82, 2.24) is 14.1 Å².